The summed E-state index contributed by atoms with van der Waals surface area (Å²) in [5, 5.41) is 8.92. The summed E-state index contributed by atoms with van der Waals surface area (Å²) in [6.45, 7) is 0.640. The summed E-state index contributed by atoms with van der Waals surface area (Å²) in [4.78, 5) is 13.2. The van der Waals surface area contributed by atoms with Crippen LogP contribution in [0.1, 0.15) is 12.8 Å². The SMILES string of the molecule is N#CCCCn1c(-c2ccncc2)c(-c2ccc(F)cc2)c2nccnc21. The highest BCUT2D eigenvalue weighted by Crippen LogP contribution is 2.39. The van der Waals surface area contributed by atoms with Crippen molar-refractivity contribution in [2.24, 2.45) is 0 Å². The van der Waals surface area contributed by atoms with Gasteiger partial charge in [-0.15, -0.1) is 0 Å². The van der Waals surface area contributed by atoms with Crippen LogP contribution in [0.25, 0.3) is 33.5 Å². The molecule has 3 aromatic heterocycles. The number of rotatable bonds is 5. The molecule has 0 unspecified atom stereocenters. The molecule has 0 bridgehead atoms. The molecule has 0 atom stereocenters. The highest BCUT2D eigenvalue weighted by molar-refractivity contribution is 6.00. The first kappa shape index (κ1) is 16.9. The molecule has 0 N–H and O–H groups in total. The Balaban J connectivity index is 2.02. The predicted octanol–water partition coefficient (Wildman–Crippen LogP) is 4.60. The van der Waals surface area contributed by atoms with Gasteiger partial charge in [0.1, 0.15) is 11.3 Å². The van der Waals surface area contributed by atoms with E-state index in [1.54, 1.807) is 36.9 Å². The van der Waals surface area contributed by atoms with E-state index < -0.39 is 0 Å². The average molecular weight is 357 g/mol. The number of benzene rings is 1. The Bertz CT molecular complexity index is 1110. The molecule has 0 aliphatic heterocycles. The van der Waals surface area contributed by atoms with Crippen molar-refractivity contribution in [2.45, 2.75) is 19.4 Å². The van der Waals surface area contributed by atoms with Crippen LogP contribution in [-0.4, -0.2) is 19.5 Å². The first-order valence-electron chi connectivity index (χ1n) is 8.66. The topological polar surface area (TPSA) is 67.4 Å². The summed E-state index contributed by atoms with van der Waals surface area (Å²) >= 11 is 0. The van der Waals surface area contributed by atoms with E-state index in [9.17, 15) is 4.39 Å². The third kappa shape index (κ3) is 3.15. The molecule has 27 heavy (non-hydrogen) atoms. The summed E-state index contributed by atoms with van der Waals surface area (Å²) in [5.41, 5.74) is 5.20. The van der Waals surface area contributed by atoms with Crippen molar-refractivity contribution in [2.75, 3.05) is 0 Å². The average Bonchev–Trinajstić information content (AvgIpc) is 3.04. The summed E-state index contributed by atoms with van der Waals surface area (Å²) < 4.78 is 15.6. The number of pyridine rings is 1. The van der Waals surface area contributed by atoms with Crippen molar-refractivity contribution >= 4 is 11.2 Å². The third-order valence-electron chi connectivity index (χ3n) is 4.44. The van der Waals surface area contributed by atoms with E-state index >= 15 is 0 Å². The lowest BCUT2D eigenvalue weighted by Crippen LogP contribution is -2.02. The van der Waals surface area contributed by atoms with Crippen LogP contribution in [0.3, 0.4) is 0 Å². The van der Waals surface area contributed by atoms with Gasteiger partial charge < -0.3 is 4.57 Å². The molecule has 0 amide bonds. The maximum absolute atomic E-state index is 13.5. The summed E-state index contributed by atoms with van der Waals surface area (Å²) in [7, 11) is 0. The van der Waals surface area contributed by atoms with Crippen molar-refractivity contribution in [1.82, 2.24) is 19.5 Å². The van der Waals surface area contributed by atoms with E-state index in [1.165, 1.54) is 12.1 Å². The number of unbranched alkanes of at least 4 members (excludes halogenated alkanes) is 1. The summed E-state index contributed by atoms with van der Waals surface area (Å²) in [6.07, 6.45) is 7.96. The van der Waals surface area contributed by atoms with Crippen LogP contribution in [0, 0.1) is 17.1 Å². The van der Waals surface area contributed by atoms with E-state index in [-0.39, 0.29) is 5.82 Å². The number of fused-ring (bicyclic) bond motifs is 1. The Labute approximate surface area is 155 Å². The second-order valence-electron chi connectivity index (χ2n) is 6.11. The van der Waals surface area contributed by atoms with Gasteiger partial charge in [-0.2, -0.15) is 5.26 Å². The van der Waals surface area contributed by atoms with E-state index in [4.69, 9.17) is 5.26 Å². The van der Waals surface area contributed by atoms with Gasteiger partial charge in [0.25, 0.3) is 0 Å². The zero-order valence-corrected chi connectivity index (χ0v) is 14.5. The summed E-state index contributed by atoms with van der Waals surface area (Å²) in [5.74, 6) is -0.284. The van der Waals surface area contributed by atoms with E-state index in [0.717, 1.165) is 33.5 Å². The number of hydrogen-bond donors (Lipinski definition) is 0. The van der Waals surface area contributed by atoms with Crippen molar-refractivity contribution in [1.29, 1.82) is 5.26 Å². The molecule has 4 aromatic rings. The van der Waals surface area contributed by atoms with Crippen LogP contribution in [0.5, 0.6) is 0 Å². The van der Waals surface area contributed by atoms with Gasteiger partial charge in [-0.25, -0.2) is 9.37 Å². The van der Waals surface area contributed by atoms with Crippen LogP contribution in [0.2, 0.25) is 0 Å². The Hall–Kier alpha value is -3.59. The van der Waals surface area contributed by atoms with Crippen molar-refractivity contribution in [3.8, 4) is 28.5 Å². The molecular formula is C21H16FN5. The van der Waals surface area contributed by atoms with E-state index in [2.05, 4.69) is 25.6 Å². The lowest BCUT2D eigenvalue weighted by atomic mass is 10.0. The van der Waals surface area contributed by atoms with Gasteiger partial charge in [-0.1, -0.05) is 12.1 Å². The minimum Gasteiger partial charge on any atom is -0.323 e. The molecular weight excluding hydrogens is 341 g/mol. The molecule has 0 radical (unpaired) electrons. The van der Waals surface area contributed by atoms with Gasteiger partial charge in [0.05, 0.1) is 11.8 Å². The largest absolute Gasteiger partial charge is 0.323 e. The van der Waals surface area contributed by atoms with Crippen molar-refractivity contribution in [3.05, 3.63) is 67.0 Å². The molecule has 0 saturated heterocycles. The van der Waals surface area contributed by atoms with Gasteiger partial charge in [-0.05, 0) is 36.2 Å². The molecule has 3 heterocycles. The number of aromatic nitrogens is 4. The normalized spacial score (nSPS) is 10.8. The van der Waals surface area contributed by atoms with Crippen LogP contribution in [0.15, 0.2) is 61.2 Å². The van der Waals surface area contributed by atoms with Gasteiger partial charge in [0.2, 0.25) is 0 Å². The standard InChI is InChI=1S/C21H16FN5/c22-17-5-3-15(4-6-17)18-19-21(26-13-12-25-19)27(14-2-1-9-23)20(18)16-7-10-24-11-8-16/h3-8,10-13H,1-2,14H2. The van der Waals surface area contributed by atoms with Gasteiger partial charge in [0, 0.05) is 48.9 Å². The Morgan fingerprint density at radius 1 is 0.926 bits per heavy atom. The molecule has 0 saturated carbocycles. The monoisotopic (exact) mass is 357 g/mol. The Morgan fingerprint density at radius 3 is 2.41 bits per heavy atom. The van der Waals surface area contributed by atoms with E-state index in [1.807, 2.05) is 12.1 Å². The van der Waals surface area contributed by atoms with Gasteiger partial charge in [-0.3, -0.25) is 9.97 Å². The molecule has 0 aliphatic rings. The van der Waals surface area contributed by atoms with E-state index in [0.29, 0.717) is 19.4 Å². The van der Waals surface area contributed by atoms with Gasteiger partial charge in [0.15, 0.2) is 5.65 Å². The van der Waals surface area contributed by atoms with Crippen LogP contribution < -0.4 is 0 Å². The minimum atomic E-state index is -0.284. The fourth-order valence-corrected chi connectivity index (χ4v) is 3.29. The Kier molecular flexibility index (Phi) is 4.58. The zero-order chi connectivity index (χ0) is 18.6. The first-order chi connectivity index (χ1) is 13.3. The molecule has 0 fully saturated rings. The minimum absolute atomic E-state index is 0.284. The second kappa shape index (κ2) is 7.34. The lowest BCUT2D eigenvalue weighted by molar-refractivity contribution is 0.628. The quantitative estimate of drug-likeness (QED) is 0.489. The number of nitrogens with zero attached hydrogens (tertiary/aromatic N) is 5. The fraction of sp³-hybridized carbons (Fsp3) is 0.143. The maximum atomic E-state index is 13.5. The zero-order valence-electron chi connectivity index (χ0n) is 14.5. The van der Waals surface area contributed by atoms with Crippen LogP contribution in [0.4, 0.5) is 4.39 Å². The molecule has 1 aromatic carbocycles. The molecule has 0 spiro atoms. The maximum Gasteiger partial charge on any atom is 0.159 e. The molecule has 132 valence electrons. The lowest BCUT2D eigenvalue weighted by Gasteiger charge is -2.11. The van der Waals surface area contributed by atoms with Gasteiger partial charge >= 0.3 is 0 Å². The van der Waals surface area contributed by atoms with Crippen molar-refractivity contribution in [3.63, 3.8) is 0 Å². The van der Waals surface area contributed by atoms with Crippen LogP contribution >= 0.6 is 0 Å². The second-order valence-corrected chi connectivity index (χ2v) is 6.11. The molecule has 0 aliphatic carbocycles. The third-order valence-corrected chi connectivity index (χ3v) is 4.44. The molecule has 6 heteroatoms. The van der Waals surface area contributed by atoms with Crippen LogP contribution in [-0.2, 0) is 6.54 Å². The number of nitriles is 1. The summed E-state index contributed by atoms with van der Waals surface area (Å²) in [6, 6.07) is 12.5. The number of hydrogen-bond acceptors (Lipinski definition) is 4. The Morgan fingerprint density at radius 2 is 1.67 bits per heavy atom. The number of aryl methyl sites for hydroxylation is 1. The highest BCUT2D eigenvalue weighted by atomic mass is 19.1. The number of halogens is 1. The predicted molar refractivity (Wildman–Crippen MR) is 101 cm³/mol. The molecule has 4 rings (SSSR count). The smallest absolute Gasteiger partial charge is 0.159 e. The highest BCUT2D eigenvalue weighted by Gasteiger charge is 2.21. The first-order valence-corrected chi connectivity index (χ1v) is 8.66. The fourth-order valence-electron chi connectivity index (χ4n) is 3.29. The molecule has 5 nitrogen and oxygen atoms in total. The van der Waals surface area contributed by atoms with Crippen molar-refractivity contribution < 1.29 is 4.39 Å².